The van der Waals surface area contributed by atoms with Crippen LogP contribution in [0.25, 0.3) is 0 Å². The minimum absolute atomic E-state index is 0.0794. The molecule has 1 aromatic rings. The molecule has 0 amide bonds. The maximum Gasteiger partial charge on any atom is 0.340 e. The molecule has 0 heterocycles. The summed E-state index contributed by atoms with van der Waals surface area (Å²) in [5.74, 6) is -1.13. The van der Waals surface area contributed by atoms with Crippen LogP contribution in [0.4, 0.5) is 0 Å². The summed E-state index contributed by atoms with van der Waals surface area (Å²) in [6.45, 7) is 7.13. The Bertz CT molecular complexity index is 556. The molecule has 0 N–H and O–H groups in total. The average Bonchev–Trinajstić information content (AvgIpc) is 2.49. The molecule has 0 spiro atoms. The number of hydrogen-bond donors (Lipinski definition) is 0. The zero-order valence-corrected chi connectivity index (χ0v) is 17.5. The molecule has 0 atom stereocenters. The summed E-state index contributed by atoms with van der Waals surface area (Å²) in [5.41, 5.74) is 0.474. The fourth-order valence-corrected chi connectivity index (χ4v) is 4.17. The van der Waals surface area contributed by atoms with E-state index in [1.54, 1.807) is 0 Å². The number of esters is 2. The van der Waals surface area contributed by atoms with Crippen molar-refractivity contribution in [2.45, 2.75) is 0 Å². The standard InChI is InChI=1S/C14H10Br4O4/c1-3-5-21-13(19)7-9(15)11(17)8(12(18)10(7)16)14(20)22-6-4-2/h3-4H,1-2,5-6H2. The number of rotatable bonds is 6. The number of hydrogen-bond acceptors (Lipinski definition) is 4. The van der Waals surface area contributed by atoms with Crippen LogP contribution >= 0.6 is 63.7 Å². The summed E-state index contributed by atoms with van der Waals surface area (Å²) in [4.78, 5) is 24.2. The van der Waals surface area contributed by atoms with Gasteiger partial charge in [-0.25, -0.2) is 9.59 Å². The summed E-state index contributed by atoms with van der Waals surface area (Å²) < 4.78 is 11.6. The zero-order valence-electron chi connectivity index (χ0n) is 11.1. The third kappa shape index (κ3) is 4.31. The van der Waals surface area contributed by atoms with Gasteiger partial charge in [-0.05, 0) is 63.7 Å². The zero-order chi connectivity index (χ0) is 16.9. The minimum Gasteiger partial charge on any atom is -0.458 e. The van der Waals surface area contributed by atoms with E-state index in [9.17, 15) is 9.59 Å². The van der Waals surface area contributed by atoms with E-state index in [4.69, 9.17) is 9.47 Å². The Labute approximate surface area is 161 Å². The third-order valence-corrected chi connectivity index (χ3v) is 6.57. The van der Waals surface area contributed by atoms with Crippen molar-refractivity contribution in [3.8, 4) is 0 Å². The van der Waals surface area contributed by atoms with Gasteiger partial charge in [0.25, 0.3) is 0 Å². The van der Waals surface area contributed by atoms with Gasteiger partial charge >= 0.3 is 11.9 Å². The fraction of sp³-hybridized carbons (Fsp3) is 0.143. The molecule has 8 heteroatoms. The Kier molecular flexibility index (Phi) is 8.02. The lowest BCUT2D eigenvalue weighted by Gasteiger charge is -2.15. The first kappa shape index (κ1) is 19.6. The number of ether oxygens (including phenoxy) is 2. The molecule has 0 unspecified atom stereocenters. The maximum atomic E-state index is 12.1. The van der Waals surface area contributed by atoms with Crippen LogP contribution in [0, 0.1) is 0 Å². The quantitative estimate of drug-likeness (QED) is 0.264. The predicted molar refractivity (Wildman–Crippen MR) is 98.2 cm³/mol. The summed E-state index contributed by atoms with van der Waals surface area (Å²) in [6.07, 6.45) is 2.93. The Hall–Kier alpha value is -0.440. The van der Waals surface area contributed by atoms with Crippen LogP contribution < -0.4 is 0 Å². The first-order valence-corrected chi connectivity index (χ1v) is 8.95. The van der Waals surface area contributed by atoms with Crippen molar-refractivity contribution in [3.05, 3.63) is 54.3 Å². The van der Waals surface area contributed by atoms with Gasteiger partial charge in [-0.15, -0.1) is 0 Å². The molecule has 118 valence electrons. The predicted octanol–water partition coefficient (Wildman–Crippen LogP) is 5.42. The molecule has 22 heavy (non-hydrogen) atoms. The van der Waals surface area contributed by atoms with E-state index in [2.05, 4.69) is 76.9 Å². The van der Waals surface area contributed by atoms with Gasteiger partial charge in [-0.3, -0.25) is 0 Å². The van der Waals surface area contributed by atoms with Crippen LogP contribution in [0.2, 0.25) is 0 Å². The second-order valence-electron chi connectivity index (χ2n) is 3.78. The first-order valence-electron chi connectivity index (χ1n) is 5.78. The van der Waals surface area contributed by atoms with E-state index >= 15 is 0 Å². The van der Waals surface area contributed by atoms with E-state index in [-0.39, 0.29) is 24.3 Å². The molecule has 0 fully saturated rings. The number of carbonyl (C=O) groups excluding carboxylic acids is 2. The van der Waals surface area contributed by atoms with Gasteiger partial charge < -0.3 is 9.47 Å². The second-order valence-corrected chi connectivity index (χ2v) is 6.95. The molecular formula is C14H10Br4O4. The Morgan fingerprint density at radius 2 is 1.05 bits per heavy atom. The molecule has 0 aliphatic rings. The third-order valence-electron chi connectivity index (χ3n) is 2.34. The number of carbonyl (C=O) groups is 2. The van der Waals surface area contributed by atoms with Crippen molar-refractivity contribution in [3.63, 3.8) is 0 Å². The van der Waals surface area contributed by atoms with Crippen molar-refractivity contribution in [2.75, 3.05) is 13.2 Å². The highest BCUT2D eigenvalue weighted by atomic mass is 79.9. The maximum absolute atomic E-state index is 12.1. The highest BCUT2D eigenvalue weighted by Gasteiger charge is 2.28. The molecule has 0 bridgehead atoms. The summed E-state index contributed by atoms with van der Waals surface area (Å²) >= 11 is 13.2. The van der Waals surface area contributed by atoms with Crippen LogP contribution in [0.3, 0.4) is 0 Å². The monoisotopic (exact) mass is 558 g/mol. The Morgan fingerprint density at radius 3 is 1.27 bits per heavy atom. The van der Waals surface area contributed by atoms with Gasteiger partial charge in [0.15, 0.2) is 0 Å². The lowest BCUT2D eigenvalue weighted by atomic mass is 10.1. The molecule has 0 aliphatic heterocycles. The van der Waals surface area contributed by atoms with Crippen LogP contribution in [0.5, 0.6) is 0 Å². The number of halogens is 4. The van der Waals surface area contributed by atoms with Crippen LogP contribution in [0.15, 0.2) is 43.2 Å². The van der Waals surface area contributed by atoms with E-state index in [0.29, 0.717) is 17.9 Å². The van der Waals surface area contributed by atoms with Gasteiger partial charge in [-0.1, -0.05) is 25.3 Å². The van der Waals surface area contributed by atoms with Gasteiger partial charge in [0.05, 0.1) is 11.1 Å². The van der Waals surface area contributed by atoms with Crippen LogP contribution in [-0.2, 0) is 9.47 Å². The van der Waals surface area contributed by atoms with Crippen molar-refractivity contribution in [2.24, 2.45) is 0 Å². The molecule has 1 aromatic carbocycles. The van der Waals surface area contributed by atoms with Crippen molar-refractivity contribution < 1.29 is 19.1 Å². The van der Waals surface area contributed by atoms with Crippen LogP contribution in [-0.4, -0.2) is 25.2 Å². The highest BCUT2D eigenvalue weighted by molar-refractivity contribution is 9.14. The molecule has 4 nitrogen and oxygen atoms in total. The molecular weight excluding hydrogens is 552 g/mol. The summed E-state index contributed by atoms with van der Waals surface area (Å²) in [5, 5.41) is 0. The molecule has 0 radical (unpaired) electrons. The van der Waals surface area contributed by atoms with Crippen LogP contribution in [0.1, 0.15) is 20.7 Å². The number of benzene rings is 1. The highest BCUT2D eigenvalue weighted by Crippen LogP contribution is 2.42. The molecule has 0 aliphatic carbocycles. The van der Waals surface area contributed by atoms with E-state index < -0.39 is 11.9 Å². The van der Waals surface area contributed by atoms with Crippen molar-refractivity contribution in [1.82, 2.24) is 0 Å². The van der Waals surface area contributed by atoms with Gasteiger partial charge in [-0.2, -0.15) is 0 Å². The van der Waals surface area contributed by atoms with Gasteiger partial charge in [0.1, 0.15) is 13.2 Å². The molecule has 0 aromatic heterocycles. The second kappa shape index (κ2) is 9.00. The summed E-state index contributed by atoms with van der Waals surface area (Å²) in [7, 11) is 0. The van der Waals surface area contributed by atoms with Crippen molar-refractivity contribution >= 4 is 75.7 Å². The lowest BCUT2D eigenvalue weighted by Crippen LogP contribution is -2.12. The normalized spacial score (nSPS) is 10.0. The van der Waals surface area contributed by atoms with E-state index in [0.717, 1.165) is 0 Å². The topological polar surface area (TPSA) is 52.6 Å². The largest absolute Gasteiger partial charge is 0.458 e. The summed E-state index contributed by atoms with van der Waals surface area (Å²) in [6, 6.07) is 0. The minimum atomic E-state index is -0.564. The lowest BCUT2D eigenvalue weighted by molar-refractivity contribution is 0.0531. The van der Waals surface area contributed by atoms with Gasteiger partial charge in [0, 0.05) is 17.9 Å². The molecule has 0 saturated heterocycles. The first-order chi connectivity index (χ1) is 10.4. The van der Waals surface area contributed by atoms with E-state index in [1.807, 2.05) is 0 Å². The Morgan fingerprint density at radius 1 is 0.773 bits per heavy atom. The molecule has 0 saturated carbocycles. The van der Waals surface area contributed by atoms with Crippen molar-refractivity contribution in [1.29, 1.82) is 0 Å². The Balaban J connectivity index is 3.37. The smallest absolute Gasteiger partial charge is 0.340 e. The fourth-order valence-electron chi connectivity index (χ4n) is 1.40. The van der Waals surface area contributed by atoms with E-state index in [1.165, 1.54) is 12.2 Å². The average molecular weight is 562 g/mol. The molecule has 1 rings (SSSR count). The SMILES string of the molecule is C=CCOC(=O)c1c(Br)c(Br)c(C(=O)OCC=C)c(Br)c1Br. The van der Waals surface area contributed by atoms with Gasteiger partial charge in [0.2, 0.25) is 0 Å².